The van der Waals surface area contributed by atoms with Crippen LogP contribution in [-0.2, 0) is 12.0 Å². The van der Waals surface area contributed by atoms with E-state index >= 15 is 0 Å². The quantitative estimate of drug-likeness (QED) is 0.889. The highest BCUT2D eigenvalue weighted by atomic mass is 32.1. The fourth-order valence-electron chi connectivity index (χ4n) is 2.07. The lowest BCUT2D eigenvalue weighted by Gasteiger charge is -2.15. The number of aliphatic hydroxyl groups is 1. The molecule has 1 heterocycles. The maximum atomic E-state index is 10.1. The van der Waals surface area contributed by atoms with Crippen LogP contribution in [0.25, 0.3) is 0 Å². The van der Waals surface area contributed by atoms with Gasteiger partial charge in [-0.1, -0.05) is 6.07 Å². The van der Waals surface area contributed by atoms with Gasteiger partial charge in [0.05, 0.1) is 34.9 Å². The third-order valence-corrected chi connectivity index (χ3v) is 4.55. The van der Waals surface area contributed by atoms with Crippen molar-refractivity contribution in [3.8, 4) is 11.5 Å². The second-order valence-corrected chi connectivity index (χ2v) is 6.44. The van der Waals surface area contributed by atoms with Crippen LogP contribution in [0.4, 0.5) is 0 Å². The molecule has 0 aliphatic carbocycles. The van der Waals surface area contributed by atoms with Crippen molar-refractivity contribution in [3.63, 3.8) is 0 Å². The molecule has 0 saturated heterocycles. The molecule has 114 valence electrons. The molecule has 4 nitrogen and oxygen atoms in total. The zero-order valence-corrected chi connectivity index (χ0v) is 13.7. The molecule has 0 radical (unpaired) electrons. The lowest BCUT2D eigenvalue weighted by molar-refractivity contribution is 0.0817. The molecule has 1 aromatic heterocycles. The Kier molecular flexibility index (Phi) is 4.85. The molecular formula is C16H21NO3S. The number of rotatable bonds is 6. The third-order valence-electron chi connectivity index (χ3n) is 3.02. The van der Waals surface area contributed by atoms with E-state index in [1.807, 2.05) is 31.2 Å². The van der Waals surface area contributed by atoms with Crippen molar-refractivity contribution < 1.29 is 14.6 Å². The van der Waals surface area contributed by atoms with E-state index in [1.165, 1.54) is 0 Å². The summed E-state index contributed by atoms with van der Waals surface area (Å²) in [6.45, 7) is 6.04. The molecule has 2 rings (SSSR count). The van der Waals surface area contributed by atoms with Crippen molar-refractivity contribution in [3.05, 3.63) is 39.8 Å². The number of benzene rings is 1. The SMILES string of the molecule is COc1cccc(OCCc2nc(C)c(C(C)(C)O)s2)c1. The maximum absolute atomic E-state index is 10.1. The molecule has 0 fully saturated rings. The molecule has 0 atom stereocenters. The Balaban J connectivity index is 1.94. The van der Waals surface area contributed by atoms with Gasteiger partial charge in [0.15, 0.2) is 0 Å². The van der Waals surface area contributed by atoms with Gasteiger partial charge in [-0.3, -0.25) is 0 Å². The molecule has 0 amide bonds. The minimum atomic E-state index is -0.840. The lowest BCUT2D eigenvalue weighted by Crippen LogP contribution is -2.14. The first-order valence-electron chi connectivity index (χ1n) is 6.86. The fraction of sp³-hybridized carbons (Fsp3) is 0.438. The van der Waals surface area contributed by atoms with E-state index in [9.17, 15) is 5.11 Å². The van der Waals surface area contributed by atoms with Crippen LogP contribution in [0.5, 0.6) is 11.5 Å². The highest BCUT2D eigenvalue weighted by Crippen LogP contribution is 2.29. The Morgan fingerprint density at radius 3 is 2.62 bits per heavy atom. The minimum Gasteiger partial charge on any atom is -0.497 e. The van der Waals surface area contributed by atoms with Gasteiger partial charge in [-0.25, -0.2) is 4.98 Å². The number of ether oxygens (including phenoxy) is 2. The van der Waals surface area contributed by atoms with Gasteiger partial charge in [0, 0.05) is 12.5 Å². The van der Waals surface area contributed by atoms with Crippen LogP contribution in [0.15, 0.2) is 24.3 Å². The zero-order valence-electron chi connectivity index (χ0n) is 12.8. The second kappa shape index (κ2) is 6.45. The molecule has 5 heteroatoms. The molecule has 1 aromatic carbocycles. The van der Waals surface area contributed by atoms with Crippen molar-refractivity contribution in [1.82, 2.24) is 4.98 Å². The topological polar surface area (TPSA) is 51.6 Å². The molecule has 1 N–H and O–H groups in total. The first kappa shape index (κ1) is 15.8. The summed E-state index contributed by atoms with van der Waals surface area (Å²) in [7, 11) is 1.63. The monoisotopic (exact) mass is 307 g/mol. The second-order valence-electron chi connectivity index (χ2n) is 5.36. The first-order valence-corrected chi connectivity index (χ1v) is 7.68. The number of nitrogens with zero attached hydrogens (tertiary/aromatic N) is 1. The van der Waals surface area contributed by atoms with E-state index in [-0.39, 0.29) is 0 Å². The van der Waals surface area contributed by atoms with Crippen molar-refractivity contribution >= 4 is 11.3 Å². The van der Waals surface area contributed by atoms with Gasteiger partial charge < -0.3 is 14.6 Å². The smallest absolute Gasteiger partial charge is 0.123 e. The molecule has 0 bridgehead atoms. The Labute approximate surface area is 129 Å². The summed E-state index contributed by atoms with van der Waals surface area (Å²) in [6.07, 6.45) is 0.721. The Morgan fingerprint density at radius 1 is 1.29 bits per heavy atom. The van der Waals surface area contributed by atoms with E-state index in [0.717, 1.165) is 33.5 Å². The van der Waals surface area contributed by atoms with Gasteiger partial charge in [-0.2, -0.15) is 0 Å². The highest BCUT2D eigenvalue weighted by molar-refractivity contribution is 7.11. The normalized spacial score (nSPS) is 11.5. The summed E-state index contributed by atoms with van der Waals surface area (Å²) in [4.78, 5) is 5.41. The van der Waals surface area contributed by atoms with E-state index in [4.69, 9.17) is 9.47 Å². The molecule has 21 heavy (non-hydrogen) atoms. The molecule has 0 unspecified atom stereocenters. The Morgan fingerprint density at radius 2 is 2.00 bits per heavy atom. The van der Waals surface area contributed by atoms with Crippen LogP contribution >= 0.6 is 11.3 Å². The van der Waals surface area contributed by atoms with Gasteiger partial charge in [0.25, 0.3) is 0 Å². The van der Waals surface area contributed by atoms with Gasteiger partial charge >= 0.3 is 0 Å². The average Bonchev–Trinajstić information content (AvgIpc) is 2.80. The molecule has 0 saturated carbocycles. The minimum absolute atomic E-state index is 0.547. The first-order chi connectivity index (χ1) is 9.90. The Hall–Kier alpha value is -1.59. The van der Waals surface area contributed by atoms with Crippen molar-refractivity contribution in [1.29, 1.82) is 0 Å². The van der Waals surface area contributed by atoms with Gasteiger partial charge in [0.2, 0.25) is 0 Å². The summed E-state index contributed by atoms with van der Waals surface area (Å²) in [5.41, 5.74) is 0.0529. The van der Waals surface area contributed by atoms with Crippen molar-refractivity contribution in [2.45, 2.75) is 32.8 Å². The van der Waals surface area contributed by atoms with E-state index < -0.39 is 5.60 Å². The maximum Gasteiger partial charge on any atom is 0.123 e. The number of thiazole rings is 1. The highest BCUT2D eigenvalue weighted by Gasteiger charge is 2.22. The Bertz CT molecular complexity index is 602. The summed E-state index contributed by atoms with van der Waals surface area (Å²) < 4.78 is 10.9. The molecule has 0 aliphatic heterocycles. The number of hydrogen-bond acceptors (Lipinski definition) is 5. The van der Waals surface area contributed by atoms with Crippen LogP contribution < -0.4 is 9.47 Å². The predicted octanol–water partition coefficient (Wildman–Crippen LogP) is 3.31. The fourth-order valence-corrected chi connectivity index (χ4v) is 3.12. The standard InChI is InChI=1S/C16H21NO3S/c1-11-15(16(2,3)18)21-14(17-11)8-9-20-13-7-5-6-12(10-13)19-4/h5-7,10,18H,8-9H2,1-4H3. The molecular weight excluding hydrogens is 286 g/mol. The summed E-state index contributed by atoms with van der Waals surface area (Å²) >= 11 is 1.54. The number of aromatic nitrogens is 1. The van der Waals surface area contributed by atoms with Crippen LogP contribution in [-0.4, -0.2) is 23.8 Å². The summed E-state index contributed by atoms with van der Waals surface area (Å²) in [5, 5.41) is 11.0. The molecule has 0 aliphatic rings. The number of methoxy groups -OCH3 is 1. The largest absolute Gasteiger partial charge is 0.497 e. The number of hydrogen-bond donors (Lipinski definition) is 1. The van der Waals surface area contributed by atoms with Crippen LogP contribution in [0.2, 0.25) is 0 Å². The third kappa shape index (κ3) is 4.19. The molecule has 2 aromatic rings. The van der Waals surface area contributed by atoms with Gasteiger partial charge in [-0.15, -0.1) is 11.3 Å². The predicted molar refractivity (Wildman–Crippen MR) is 84.3 cm³/mol. The van der Waals surface area contributed by atoms with E-state index in [1.54, 1.807) is 32.3 Å². The van der Waals surface area contributed by atoms with Crippen LogP contribution in [0.3, 0.4) is 0 Å². The van der Waals surface area contributed by atoms with Gasteiger partial charge in [0.1, 0.15) is 11.5 Å². The average molecular weight is 307 g/mol. The van der Waals surface area contributed by atoms with Crippen LogP contribution in [0, 0.1) is 6.92 Å². The van der Waals surface area contributed by atoms with E-state index in [2.05, 4.69) is 4.98 Å². The molecule has 0 spiro atoms. The summed E-state index contributed by atoms with van der Waals surface area (Å²) in [6, 6.07) is 7.54. The lowest BCUT2D eigenvalue weighted by atomic mass is 10.1. The number of aryl methyl sites for hydroxylation is 1. The van der Waals surface area contributed by atoms with Crippen LogP contribution in [0.1, 0.15) is 29.4 Å². The van der Waals surface area contributed by atoms with Crippen molar-refractivity contribution in [2.24, 2.45) is 0 Å². The summed E-state index contributed by atoms with van der Waals surface area (Å²) in [5.74, 6) is 1.56. The van der Waals surface area contributed by atoms with E-state index in [0.29, 0.717) is 6.61 Å². The van der Waals surface area contributed by atoms with Crippen molar-refractivity contribution in [2.75, 3.05) is 13.7 Å². The van der Waals surface area contributed by atoms with Gasteiger partial charge in [-0.05, 0) is 32.9 Å². The zero-order chi connectivity index (χ0) is 15.5.